The molecule has 2 rings (SSSR count). The average molecular weight is 344 g/mol. The standard InChI is InChI=1S/C13H14ClN3O4S/c1-8-7-12(16-21-8)15-13(18)9(2)17-22(19,20)11-5-3-10(14)4-6-11/h3-7,9,17H,1-2H3,(H,15,16,18)/t9-/m1/s1. The number of rotatable bonds is 5. The number of benzene rings is 1. The van der Waals surface area contributed by atoms with Gasteiger partial charge in [0.2, 0.25) is 15.9 Å². The molecule has 0 saturated heterocycles. The summed E-state index contributed by atoms with van der Waals surface area (Å²) in [6.07, 6.45) is 0. The number of hydrogen-bond donors (Lipinski definition) is 2. The lowest BCUT2D eigenvalue weighted by Crippen LogP contribution is -2.41. The first-order chi connectivity index (χ1) is 10.3. The third-order valence-corrected chi connectivity index (χ3v) is 4.54. The van der Waals surface area contributed by atoms with Crippen molar-refractivity contribution in [1.82, 2.24) is 9.88 Å². The van der Waals surface area contributed by atoms with Gasteiger partial charge < -0.3 is 9.84 Å². The number of carbonyl (C=O) groups excluding carboxylic acids is 1. The van der Waals surface area contributed by atoms with Crippen molar-refractivity contribution >= 4 is 33.3 Å². The van der Waals surface area contributed by atoms with Gasteiger partial charge in [-0.3, -0.25) is 4.79 Å². The van der Waals surface area contributed by atoms with Crippen LogP contribution in [-0.4, -0.2) is 25.5 Å². The highest BCUT2D eigenvalue weighted by molar-refractivity contribution is 7.89. The first-order valence-corrected chi connectivity index (χ1v) is 8.16. The van der Waals surface area contributed by atoms with E-state index in [0.717, 1.165) is 0 Å². The summed E-state index contributed by atoms with van der Waals surface area (Å²) >= 11 is 5.72. The van der Waals surface area contributed by atoms with Crippen molar-refractivity contribution < 1.29 is 17.7 Å². The van der Waals surface area contributed by atoms with Crippen LogP contribution in [0.4, 0.5) is 5.82 Å². The van der Waals surface area contributed by atoms with Crippen molar-refractivity contribution in [2.75, 3.05) is 5.32 Å². The largest absolute Gasteiger partial charge is 0.360 e. The first-order valence-electron chi connectivity index (χ1n) is 6.30. The molecule has 0 unspecified atom stereocenters. The molecule has 1 atom stereocenters. The number of aryl methyl sites for hydroxylation is 1. The molecule has 0 aliphatic heterocycles. The van der Waals surface area contributed by atoms with Gasteiger partial charge in [0.1, 0.15) is 5.76 Å². The van der Waals surface area contributed by atoms with Gasteiger partial charge in [-0.15, -0.1) is 0 Å². The molecule has 2 N–H and O–H groups in total. The second-order valence-corrected chi connectivity index (χ2v) is 6.76. The van der Waals surface area contributed by atoms with Crippen LogP contribution in [0.1, 0.15) is 12.7 Å². The molecule has 1 amide bonds. The van der Waals surface area contributed by atoms with Gasteiger partial charge >= 0.3 is 0 Å². The van der Waals surface area contributed by atoms with Gasteiger partial charge in [-0.2, -0.15) is 4.72 Å². The fourth-order valence-electron chi connectivity index (χ4n) is 1.63. The highest BCUT2D eigenvalue weighted by Gasteiger charge is 2.22. The molecule has 1 heterocycles. The Hall–Kier alpha value is -1.90. The fraction of sp³-hybridized carbons (Fsp3) is 0.231. The summed E-state index contributed by atoms with van der Waals surface area (Å²) in [5.74, 6) is 0.204. The normalized spacial score (nSPS) is 12.9. The maximum atomic E-state index is 12.1. The summed E-state index contributed by atoms with van der Waals surface area (Å²) in [7, 11) is -3.82. The van der Waals surface area contributed by atoms with Gasteiger partial charge in [0, 0.05) is 11.1 Å². The second-order valence-electron chi connectivity index (χ2n) is 4.61. The lowest BCUT2D eigenvalue weighted by molar-refractivity contribution is -0.117. The Bertz CT molecular complexity index is 771. The molecule has 1 aromatic heterocycles. The Labute approximate surface area is 132 Å². The zero-order valence-corrected chi connectivity index (χ0v) is 13.4. The summed E-state index contributed by atoms with van der Waals surface area (Å²) in [5.41, 5.74) is 0. The minimum Gasteiger partial charge on any atom is -0.360 e. The average Bonchev–Trinajstić information content (AvgIpc) is 2.84. The predicted molar refractivity (Wildman–Crippen MR) is 81.1 cm³/mol. The molecule has 0 saturated carbocycles. The van der Waals surface area contributed by atoms with Crippen LogP contribution in [0.15, 0.2) is 39.8 Å². The number of hydrogen-bond acceptors (Lipinski definition) is 5. The maximum absolute atomic E-state index is 12.1. The summed E-state index contributed by atoms with van der Waals surface area (Å²) in [6, 6.07) is 6.17. The second kappa shape index (κ2) is 6.47. The molecule has 1 aromatic carbocycles. The van der Waals surface area contributed by atoms with Crippen molar-refractivity contribution in [3.05, 3.63) is 41.1 Å². The third-order valence-electron chi connectivity index (χ3n) is 2.73. The molecular weight excluding hydrogens is 330 g/mol. The van der Waals surface area contributed by atoms with E-state index < -0.39 is 22.0 Å². The molecule has 0 radical (unpaired) electrons. The van der Waals surface area contributed by atoms with E-state index in [2.05, 4.69) is 15.2 Å². The van der Waals surface area contributed by atoms with Crippen LogP contribution in [-0.2, 0) is 14.8 Å². The number of aromatic nitrogens is 1. The number of carbonyl (C=O) groups is 1. The zero-order valence-electron chi connectivity index (χ0n) is 11.8. The number of halogens is 1. The number of nitrogens with one attached hydrogen (secondary N) is 2. The van der Waals surface area contributed by atoms with Crippen LogP contribution in [0.2, 0.25) is 5.02 Å². The molecule has 0 aliphatic carbocycles. The summed E-state index contributed by atoms with van der Waals surface area (Å²) in [4.78, 5) is 12.0. The van der Waals surface area contributed by atoms with Crippen molar-refractivity contribution in [1.29, 1.82) is 0 Å². The quantitative estimate of drug-likeness (QED) is 0.863. The Kier molecular flexibility index (Phi) is 4.84. The minimum atomic E-state index is -3.82. The van der Waals surface area contributed by atoms with Gasteiger partial charge in [-0.25, -0.2) is 8.42 Å². The summed E-state index contributed by atoms with van der Waals surface area (Å²) in [6.45, 7) is 3.10. The highest BCUT2D eigenvalue weighted by atomic mass is 35.5. The van der Waals surface area contributed by atoms with Crippen molar-refractivity contribution in [2.45, 2.75) is 24.8 Å². The van der Waals surface area contributed by atoms with E-state index in [9.17, 15) is 13.2 Å². The van der Waals surface area contributed by atoms with Gasteiger partial charge in [0.25, 0.3) is 0 Å². The third kappa shape index (κ3) is 4.06. The molecular formula is C13H14ClN3O4S. The topological polar surface area (TPSA) is 101 Å². The number of sulfonamides is 1. The number of amides is 1. The molecule has 118 valence electrons. The Morgan fingerprint density at radius 3 is 2.50 bits per heavy atom. The lowest BCUT2D eigenvalue weighted by Gasteiger charge is -2.13. The monoisotopic (exact) mass is 343 g/mol. The van der Waals surface area contributed by atoms with E-state index in [1.54, 1.807) is 6.92 Å². The molecule has 9 heteroatoms. The summed E-state index contributed by atoms with van der Waals surface area (Å²) in [5, 5.41) is 6.48. The molecule has 0 fully saturated rings. The van der Waals surface area contributed by atoms with Crippen LogP contribution in [0.25, 0.3) is 0 Å². The van der Waals surface area contributed by atoms with Gasteiger partial charge in [-0.05, 0) is 38.1 Å². The predicted octanol–water partition coefficient (Wildman–Crippen LogP) is 1.94. The maximum Gasteiger partial charge on any atom is 0.243 e. The Morgan fingerprint density at radius 1 is 1.32 bits per heavy atom. The van der Waals surface area contributed by atoms with Gasteiger partial charge in [0.15, 0.2) is 5.82 Å². The van der Waals surface area contributed by atoms with E-state index in [-0.39, 0.29) is 10.7 Å². The Balaban J connectivity index is 2.05. The van der Waals surface area contributed by atoms with Gasteiger partial charge in [0.05, 0.1) is 10.9 Å². The SMILES string of the molecule is Cc1cc(NC(=O)[C@@H](C)NS(=O)(=O)c2ccc(Cl)cc2)no1. The molecule has 22 heavy (non-hydrogen) atoms. The summed E-state index contributed by atoms with van der Waals surface area (Å²) < 4.78 is 31.4. The minimum absolute atomic E-state index is 0.0221. The van der Waals surface area contributed by atoms with E-state index >= 15 is 0 Å². The van der Waals surface area contributed by atoms with Crippen molar-refractivity contribution in [3.8, 4) is 0 Å². The lowest BCUT2D eigenvalue weighted by atomic mass is 10.3. The van der Waals surface area contributed by atoms with Crippen LogP contribution >= 0.6 is 11.6 Å². The van der Waals surface area contributed by atoms with E-state index in [1.807, 2.05) is 0 Å². The van der Waals surface area contributed by atoms with E-state index in [4.69, 9.17) is 16.1 Å². The van der Waals surface area contributed by atoms with Crippen LogP contribution in [0.3, 0.4) is 0 Å². The molecule has 0 aliphatic rings. The first kappa shape index (κ1) is 16.5. The number of nitrogens with zero attached hydrogens (tertiary/aromatic N) is 1. The molecule has 0 bridgehead atoms. The smallest absolute Gasteiger partial charge is 0.243 e. The molecule has 7 nitrogen and oxygen atoms in total. The van der Waals surface area contributed by atoms with Crippen molar-refractivity contribution in [3.63, 3.8) is 0 Å². The van der Waals surface area contributed by atoms with Crippen molar-refractivity contribution in [2.24, 2.45) is 0 Å². The van der Waals surface area contributed by atoms with Crippen LogP contribution in [0, 0.1) is 6.92 Å². The van der Waals surface area contributed by atoms with Crippen LogP contribution < -0.4 is 10.0 Å². The van der Waals surface area contributed by atoms with E-state index in [1.165, 1.54) is 37.3 Å². The Morgan fingerprint density at radius 2 is 1.95 bits per heavy atom. The number of anilines is 1. The zero-order chi connectivity index (χ0) is 16.3. The van der Waals surface area contributed by atoms with E-state index in [0.29, 0.717) is 10.8 Å². The highest BCUT2D eigenvalue weighted by Crippen LogP contribution is 2.14. The molecule has 2 aromatic rings. The fourth-order valence-corrected chi connectivity index (χ4v) is 2.96. The molecule has 0 spiro atoms. The van der Waals surface area contributed by atoms with Gasteiger partial charge in [-0.1, -0.05) is 16.8 Å². The van der Waals surface area contributed by atoms with Crippen LogP contribution in [0.5, 0.6) is 0 Å².